The topological polar surface area (TPSA) is 106 Å². The van der Waals surface area contributed by atoms with Gasteiger partial charge in [0.1, 0.15) is 0 Å². The zero-order valence-electron chi connectivity index (χ0n) is 17.0. The van der Waals surface area contributed by atoms with Gasteiger partial charge < -0.3 is 24.4 Å². The summed E-state index contributed by atoms with van der Waals surface area (Å²) in [5, 5.41) is 14.8. The van der Waals surface area contributed by atoms with E-state index in [0.717, 1.165) is 50.6 Å². The molecule has 1 heterocycles. The zero-order chi connectivity index (χ0) is 21.1. The van der Waals surface area contributed by atoms with Gasteiger partial charge in [-0.3, -0.25) is 4.90 Å². The van der Waals surface area contributed by atoms with Crippen LogP contribution in [-0.2, 0) is 14.3 Å². The molecule has 1 aliphatic rings. The summed E-state index contributed by atoms with van der Waals surface area (Å²) in [5.41, 5.74) is 1.18. The molecule has 1 aromatic rings. The van der Waals surface area contributed by atoms with Crippen LogP contribution >= 0.6 is 0 Å². The Morgan fingerprint density at radius 2 is 1.71 bits per heavy atom. The molecule has 0 bridgehead atoms. The molecule has 2 unspecified atom stereocenters. The van der Waals surface area contributed by atoms with Gasteiger partial charge in [0.05, 0.1) is 25.9 Å². The predicted octanol–water partition coefficient (Wildman–Crippen LogP) is 2.43. The SMILES string of the molecule is COc1cc(C)ccc1OCCCCN1CC(C)OC(C)C1.O=C(O)C(=O)O. The minimum absolute atomic E-state index is 0.344. The molecule has 1 aromatic carbocycles. The number of morpholine rings is 1. The summed E-state index contributed by atoms with van der Waals surface area (Å²) in [7, 11) is 1.68. The number of carbonyl (C=O) groups is 2. The molecule has 1 aliphatic heterocycles. The first kappa shape index (κ1) is 23.7. The Kier molecular flexibility index (Phi) is 10.3. The molecule has 8 heteroatoms. The fourth-order valence-electron chi connectivity index (χ4n) is 2.98. The average Bonchev–Trinajstić information content (AvgIpc) is 2.62. The monoisotopic (exact) mass is 397 g/mol. The lowest BCUT2D eigenvalue weighted by Gasteiger charge is -2.35. The summed E-state index contributed by atoms with van der Waals surface area (Å²) in [5.74, 6) is -2.00. The number of benzene rings is 1. The number of methoxy groups -OCH3 is 1. The van der Waals surface area contributed by atoms with Crippen molar-refractivity contribution in [3.8, 4) is 11.5 Å². The van der Waals surface area contributed by atoms with Crippen molar-refractivity contribution in [3.05, 3.63) is 23.8 Å². The normalized spacial score (nSPS) is 19.3. The first-order chi connectivity index (χ1) is 13.2. The lowest BCUT2D eigenvalue weighted by atomic mass is 10.2. The van der Waals surface area contributed by atoms with Gasteiger partial charge in [-0.1, -0.05) is 6.07 Å². The maximum atomic E-state index is 9.10. The molecule has 0 saturated carbocycles. The number of carboxylic acids is 2. The van der Waals surface area contributed by atoms with E-state index in [1.165, 1.54) is 5.56 Å². The average molecular weight is 397 g/mol. The zero-order valence-corrected chi connectivity index (χ0v) is 17.0. The Labute approximate surface area is 166 Å². The van der Waals surface area contributed by atoms with Gasteiger partial charge in [0.15, 0.2) is 11.5 Å². The molecule has 0 amide bonds. The highest BCUT2D eigenvalue weighted by atomic mass is 16.5. The fourth-order valence-corrected chi connectivity index (χ4v) is 2.98. The molecular weight excluding hydrogens is 366 g/mol. The van der Waals surface area contributed by atoms with E-state index in [9.17, 15) is 0 Å². The summed E-state index contributed by atoms with van der Waals surface area (Å²) < 4.78 is 17.0. The summed E-state index contributed by atoms with van der Waals surface area (Å²) in [6.45, 7) is 10.3. The van der Waals surface area contributed by atoms with Gasteiger partial charge in [-0.25, -0.2) is 9.59 Å². The smallest absolute Gasteiger partial charge is 0.414 e. The molecule has 8 nitrogen and oxygen atoms in total. The number of rotatable bonds is 7. The maximum absolute atomic E-state index is 9.10. The Morgan fingerprint density at radius 1 is 1.11 bits per heavy atom. The standard InChI is InChI=1S/C18H29NO3.C2H2O4/c1-14-7-8-17(18(11-14)20-4)21-10-6-5-9-19-12-15(2)22-16(3)13-19;3-1(4)2(5)6/h7-8,11,15-16H,5-6,9-10,12-13H2,1-4H3;(H,3,4)(H,5,6). The van der Waals surface area contributed by atoms with Crippen molar-refractivity contribution in [2.24, 2.45) is 0 Å². The Bertz CT molecular complexity index is 613. The summed E-state index contributed by atoms with van der Waals surface area (Å²) in [4.78, 5) is 20.7. The summed E-state index contributed by atoms with van der Waals surface area (Å²) >= 11 is 0. The number of nitrogens with zero attached hydrogens (tertiary/aromatic N) is 1. The molecule has 2 rings (SSSR count). The number of hydrogen-bond acceptors (Lipinski definition) is 6. The molecule has 2 atom stereocenters. The van der Waals surface area contributed by atoms with Gasteiger partial charge in [-0.15, -0.1) is 0 Å². The van der Waals surface area contributed by atoms with Crippen LogP contribution in [0.15, 0.2) is 18.2 Å². The van der Waals surface area contributed by atoms with Crippen molar-refractivity contribution in [2.45, 2.75) is 45.8 Å². The number of carboxylic acid groups (broad SMARTS) is 2. The number of unbranched alkanes of at least 4 members (excludes halogenated alkanes) is 1. The van der Waals surface area contributed by atoms with Crippen LogP contribution in [0.5, 0.6) is 11.5 Å². The van der Waals surface area contributed by atoms with Gasteiger partial charge >= 0.3 is 11.9 Å². The Hall–Kier alpha value is -2.32. The summed E-state index contributed by atoms with van der Waals surface area (Å²) in [6.07, 6.45) is 2.89. The highest BCUT2D eigenvalue weighted by Crippen LogP contribution is 2.27. The molecule has 1 fully saturated rings. The second kappa shape index (κ2) is 12.2. The van der Waals surface area contributed by atoms with Crippen molar-refractivity contribution < 1.29 is 34.0 Å². The second-order valence-corrected chi connectivity index (χ2v) is 6.84. The van der Waals surface area contributed by atoms with E-state index in [2.05, 4.69) is 25.7 Å². The highest BCUT2D eigenvalue weighted by molar-refractivity contribution is 6.27. The number of hydrogen-bond donors (Lipinski definition) is 2. The van der Waals surface area contributed by atoms with E-state index in [1.807, 2.05) is 18.2 Å². The minimum atomic E-state index is -1.82. The Balaban J connectivity index is 0.000000568. The van der Waals surface area contributed by atoms with Gasteiger partial charge in [0.2, 0.25) is 0 Å². The molecule has 0 aliphatic carbocycles. The molecule has 0 radical (unpaired) electrons. The highest BCUT2D eigenvalue weighted by Gasteiger charge is 2.21. The minimum Gasteiger partial charge on any atom is -0.493 e. The van der Waals surface area contributed by atoms with Crippen LogP contribution < -0.4 is 9.47 Å². The van der Waals surface area contributed by atoms with Gasteiger partial charge in [-0.2, -0.15) is 0 Å². The van der Waals surface area contributed by atoms with Gasteiger partial charge in [0, 0.05) is 13.1 Å². The number of aliphatic carboxylic acids is 2. The van der Waals surface area contributed by atoms with Crippen molar-refractivity contribution in [3.63, 3.8) is 0 Å². The lowest BCUT2D eigenvalue weighted by Crippen LogP contribution is -2.45. The fraction of sp³-hybridized carbons (Fsp3) is 0.600. The van der Waals surface area contributed by atoms with Crippen molar-refractivity contribution in [2.75, 3.05) is 33.4 Å². The number of aryl methyl sites for hydroxylation is 1. The first-order valence-corrected chi connectivity index (χ1v) is 9.34. The largest absolute Gasteiger partial charge is 0.493 e. The molecule has 158 valence electrons. The molecular formula is C20H31NO7. The predicted molar refractivity (Wildman–Crippen MR) is 104 cm³/mol. The van der Waals surface area contributed by atoms with Crippen LogP contribution in [0.2, 0.25) is 0 Å². The van der Waals surface area contributed by atoms with E-state index in [0.29, 0.717) is 12.2 Å². The van der Waals surface area contributed by atoms with Crippen molar-refractivity contribution in [1.29, 1.82) is 0 Å². The van der Waals surface area contributed by atoms with Gasteiger partial charge in [-0.05, 0) is 57.9 Å². The third-order valence-corrected chi connectivity index (χ3v) is 4.12. The van der Waals surface area contributed by atoms with Crippen LogP contribution in [0, 0.1) is 6.92 Å². The summed E-state index contributed by atoms with van der Waals surface area (Å²) in [6, 6.07) is 6.04. The van der Waals surface area contributed by atoms with Crippen LogP contribution in [0.4, 0.5) is 0 Å². The van der Waals surface area contributed by atoms with Crippen molar-refractivity contribution >= 4 is 11.9 Å². The number of ether oxygens (including phenoxy) is 3. The third-order valence-electron chi connectivity index (χ3n) is 4.12. The van der Waals surface area contributed by atoms with Gasteiger partial charge in [0.25, 0.3) is 0 Å². The maximum Gasteiger partial charge on any atom is 0.414 e. The van der Waals surface area contributed by atoms with Crippen molar-refractivity contribution in [1.82, 2.24) is 4.90 Å². The van der Waals surface area contributed by atoms with E-state index < -0.39 is 11.9 Å². The quantitative estimate of drug-likeness (QED) is 0.534. The second-order valence-electron chi connectivity index (χ2n) is 6.84. The van der Waals surface area contributed by atoms with Crippen LogP contribution in [-0.4, -0.2) is 72.6 Å². The first-order valence-electron chi connectivity index (χ1n) is 9.34. The molecule has 0 spiro atoms. The molecule has 2 N–H and O–H groups in total. The molecule has 0 aromatic heterocycles. The van der Waals surface area contributed by atoms with E-state index in [4.69, 9.17) is 34.0 Å². The lowest BCUT2D eigenvalue weighted by molar-refractivity contribution is -0.159. The van der Waals surface area contributed by atoms with Crippen LogP contribution in [0.1, 0.15) is 32.3 Å². The Morgan fingerprint density at radius 3 is 2.25 bits per heavy atom. The molecule has 1 saturated heterocycles. The van der Waals surface area contributed by atoms with E-state index in [1.54, 1.807) is 7.11 Å². The van der Waals surface area contributed by atoms with E-state index >= 15 is 0 Å². The van der Waals surface area contributed by atoms with E-state index in [-0.39, 0.29) is 0 Å². The van der Waals surface area contributed by atoms with Crippen LogP contribution in [0.25, 0.3) is 0 Å². The third kappa shape index (κ3) is 9.05. The molecule has 28 heavy (non-hydrogen) atoms. The van der Waals surface area contributed by atoms with Crippen LogP contribution in [0.3, 0.4) is 0 Å².